The minimum absolute atomic E-state index is 0.0494. The Labute approximate surface area is 133 Å². The first-order chi connectivity index (χ1) is 10.1. The second-order valence-corrected chi connectivity index (χ2v) is 7.52. The first-order valence-electron chi connectivity index (χ1n) is 8.07. The van der Waals surface area contributed by atoms with Crippen molar-refractivity contribution in [2.75, 3.05) is 19.8 Å². The number of ether oxygens (including phenoxy) is 3. The number of rotatable bonds is 9. The van der Waals surface area contributed by atoms with E-state index < -0.39 is 10.8 Å². The molecular formula is C17H30O5. The zero-order valence-corrected chi connectivity index (χ0v) is 14.7. The van der Waals surface area contributed by atoms with Crippen molar-refractivity contribution in [1.29, 1.82) is 0 Å². The van der Waals surface area contributed by atoms with Crippen LogP contribution < -0.4 is 0 Å². The molecule has 0 aliphatic carbocycles. The van der Waals surface area contributed by atoms with Crippen LogP contribution in [0, 0.1) is 16.7 Å². The van der Waals surface area contributed by atoms with E-state index in [1.165, 1.54) is 0 Å². The van der Waals surface area contributed by atoms with Crippen LogP contribution in [0.4, 0.5) is 0 Å². The van der Waals surface area contributed by atoms with Crippen LogP contribution in [0.5, 0.6) is 0 Å². The zero-order chi connectivity index (χ0) is 17.0. The third-order valence-corrected chi connectivity index (χ3v) is 4.01. The summed E-state index contributed by atoms with van der Waals surface area (Å²) in [6, 6.07) is 0. The van der Waals surface area contributed by atoms with E-state index in [1.807, 2.05) is 41.5 Å². The van der Waals surface area contributed by atoms with Gasteiger partial charge in [0.25, 0.3) is 0 Å². The predicted octanol–water partition coefficient (Wildman–Crippen LogP) is 2.96. The van der Waals surface area contributed by atoms with Crippen LogP contribution in [0.3, 0.4) is 0 Å². The minimum Gasteiger partial charge on any atom is -0.465 e. The summed E-state index contributed by atoms with van der Waals surface area (Å²) in [6.45, 7) is 12.8. The maximum atomic E-state index is 12.4. The topological polar surface area (TPSA) is 65.1 Å². The van der Waals surface area contributed by atoms with Gasteiger partial charge in [-0.3, -0.25) is 9.59 Å². The molecule has 0 aromatic heterocycles. The molecule has 128 valence electrons. The molecule has 5 nitrogen and oxygen atoms in total. The summed E-state index contributed by atoms with van der Waals surface area (Å²) in [7, 11) is 0. The first kappa shape index (κ1) is 18.9. The van der Waals surface area contributed by atoms with Crippen molar-refractivity contribution in [3.05, 3.63) is 0 Å². The number of carbonyl (C=O) groups is 2. The molecule has 5 heteroatoms. The Hall–Kier alpha value is -1.10. The lowest BCUT2D eigenvalue weighted by Crippen LogP contribution is -2.39. The van der Waals surface area contributed by atoms with Gasteiger partial charge in [-0.15, -0.1) is 0 Å². The molecule has 0 amide bonds. The standard InChI is InChI=1S/C17H30O5/c1-7-17(6,15(19)21-8-12(2)3)11-16(4,5)14(18)22-10-13-9-20-13/h12-13H,7-11H2,1-6H3. The van der Waals surface area contributed by atoms with E-state index in [4.69, 9.17) is 14.2 Å². The Morgan fingerprint density at radius 3 is 2.23 bits per heavy atom. The third kappa shape index (κ3) is 5.59. The lowest BCUT2D eigenvalue weighted by Gasteiger charge is -2.33. The largest absolute Gasteiger partial charge is 0.465 e. The van der Waals surface area contributed by atoms with Crippen LogP contribution in [0.15, 0.2) is 0 Å². The van der Waals surface area contributed by atoms with Crippen LogP contribution in [0.2, 0.25) is 0 Å². The molecule has 0 radical (unpaired) electrons. The van der Waals surface area contributed by atoms with Crippen molar-refractivity contribution in [3.63, 3.8) is 0 Å². The number of esters is 2. The Morgan fingerprint density at radius 2 is 1.77 bits per heavy atom. The van der Waals surface area contributed by atoms with Crippen LogP contribution in [-0.2, 0) is 23.8 Å². The van der Waals surface area contributed by atoms with Crippen molar-refractivity contribution in [2.45, 2.75) is 60.5 Å². The van der Waals surface area contributed by atoms with Gasteiger partial charge in [0, 0.05) is 0 Å². The average molecular weight is 314 g/mol. The zero-order valence-electron chi connectivity index (χ0n) is 14.7. The highest BCUT2D eigenvalue weighted by Gasteiger charge is 2.43. The SMILES string of the molecule is CCC(C)(CC(C)(C)C(=O)OCC1CO1)C(=O)OCC(C)C. The molecule has 1 aliphatic heterocycles. The lowest BCUT2D eigenvalue weighted by atomic mass is 9.72. The molecule has 2 atom stereocenters. The molecule has 2 unspecified atom stereocenters. The Bertz CT molecular complexity index is 398. The van der Waals surface area contributed by atoms with Gasteiger partial charge in [-0.2, -0.15) is 0 Å². The summed E-state index contributed by atoms with van der Waals surface area (Å²) < 4.78 is 15.7. The second-order valence-electron chi connectivity index (χ2n) is 7.52. The maximum Gasteiger partial charge on any atom is 0.311 e. The highest BCUT2D eigenvalue weighted by molar-refractivity contribution is 5.80. The normalized spacial score (nSPS) is 20.4. The van der Waals surface area contributed by atoms with Crippen LogP contribution >= 0.6 is 0 Å². The summed E-state index contributed by atoms with van der Waals surface area (Å²) in [6.07, 6.45) is 1.07. The smallest absolute Gasteiger partial charge is 0.311 e. The van der Waals surface area contributed by atoms with Crippen molar-refractivity contribution < 1.29 is 23.8 Å². The van der Waals surface area contributed by atoms with Gasteiger partial charge >= 0.3 is 11.9 Å². The highest BCUT2D eigenvalue weighted by atomic mass is 16.6. The van der Waals surface area contributed by atoms with E-state index >= 15 is 0 Å². The van der Waals surface area contributed by atoms with E-state index in [-0.39, 0.29) is 18.0 Å². The van der Waals surface area contributed by atoms with Crippen LogP contribution in [-0.4, -0.2) is 37.9 Å². The molecule has 1 heterocycles. The quantitative estimate of drug-likeness (QED) is 0.483. The number of hydrogen-bond donors (Lipinski definition) is 0. The van der Waals surface area contributed by atoms with Crippen molar-refractivity contribution in [2.24, 2.45) is 16.7 Å². The predicted molar refractivity (Wildman–Crippen MR) is 83.3 cm³/mol. The molecular weight excluding hydrogens is 284 g/mol. The molecule has 0 bridgehead atoms. The summed E-state index contributed by atoms with van der Waals surface area (Å²) in [5.41, 5.74) is -1.43. The molecule has 1 rings (SSSR count). The second kappa shape index (κ2) is 7.44. The van der Waals surface area contributed by atoms with Gasteiger partial charge < -0.3 is 14.2 Å². The minimum atomic E-state index is -0.740. The average Bonchev–Trinajstić information content (AvgIpc) is 3.25. The fraction of sp³-hybridized carbons (Fsp3) is 0.882. The Kier molecular flexibility index (Phi) is 6.41. The Balaban J connectivity index is 2.63. The van der Waals surface area contributed by atoms with Crippen LogP contribution in [0.25, 0.3) is 0 Å². The van der Waals surface area contributed by atoms with Crippen molar-refractivity contribution in [1.82, 2.24) is 0 Å². The van der Waals surface area contributed by atoms with E-state index in [2.05, 4.69) is 0 Å². The van der Waals surface area contributed by atoms with Gasteiger partial charge in [-0.05, 0) is 39.5 Å². The van der Waals surface area contributed by atoms with Gasteiger partial charge in [0.2, 0.25) is 0 Å². The molecule has 0 aromatic rings. The van der Waals surface area contributed by atoms with Gasteiger partial charge in [0.05, 0.1) is 24.0 Å². The molecule has 22 heavy (non-hydrogen) atoms. The van der Waals surface area contributed by atoms with E-state index in [1.54, 1.807) is 0 Å². The van der Waals surface area contributed by atoms with Gasteiger partial charge in [-0.25, -0.2) is 0 Å². The molecule has 0 aromatic carbocycles. The molecule has 0 saturated carbocycles. The summed E-state index contributed by atoms with van der Waals surface area (Å²) >= 11 is 0. The third-order valence-electron chi connectivity index (χ3n) is 4.01. The lowest BCUT2D eigenvalue weighted by molar-refractivity contribution is -0.164. The van der Waals surface area contributed by atoms with Gasteiger partial charge in [-0.1, -0.05) is 20.8 Å². The van der Waals surface area contributed by atoms with Gasteiger partial charge in [0.1, 0.15) is 12.7 Å². The molecule has 0 spiro atoms. The summed E-state index contributed by atoms with van der Waals surface area (Å²) in [4.78, 5) is 24.6. The van der Waals surface area contributed by atoms with Crippen molar-refractivity contribution in [3.8, 4) is 0 Å². The summed E-state index contributed by atoms with van der Waals surface area (Å²) in [5, 5.41) is 0. The number of epoxide rings is 1. The number of hydrogen-bond acceptors (Lipinski definition) is 5. The Morgan fingerprint density at radius 1 is 1.18 bits per heavy atom. The molecule has 1 fully saturated rings. The summed E-state index contributed by atoms with van der Waals surface area (Å²) in [5.74, 6) is -0.240. The van der Waals surface area contributed by atoms with E-state index in [0.29, 0.717) is 38.6 Å². The molecule has 1 aliphatic rings. The van der Waals surface area contributed by atoms with Crippen molar-refractivity contribution >= 4 is 11.9 Å². The fourth-order valence-electron chi connectivity index (χ4n) is 2.33. The maximum absolute atomic E-state index is 12.4. The van der Waals surface area contributed by atoms with Crippen LogP contribution in [0.1, 0.15) is 54.4 Å². The molecule has 0 N–H and O–H groups in total. The monoisotopic (exact) mass is 314 g/mol. The van der Waals surface area contributed by atoms with Gasteiger partial charge in [0.15, 0.2) is 0 Å². The van der Waals surface area contributed by atoms with E-state index in [0.717, 1.165) is 0 Å². The first-order valence-corrected chi connectivity index (χ1v) is 8.07. The fourth-order valence-corrected chi connectivity index (χ4v) is 2.33. The molecule has 1 saturated heterocycles. The number of carbonyl (C=O) groups excluding carboxylic acids is 2. The van der Waals surface area contributed by atoms with E-state index in [9.17, 15) is 9.59 Å². The highest BCUT2D eigenvalue weighted by Crippen LogP contribution is 2.38.